The Balaban J connectivity index is 3.33. The van der Waals surface area contributed by atoms with Gasteiger partial charge in [0, 0.05) is 12.5 Å². The second kappa shape index (κ2) is 4.13. The predicted molar refractivity (Wildman–Crippen MR) is 40.8 cm³/mol. The molecule has 1 N–H and O–H groups in total. The minimum absolute atomic E-state index is 0.0644. The van der Waals surface area contributed by atoms with Gasteiger partial charge in [0.25, 0.3) is 0 Å². The van der Waals surface area contributed by atoms with Gasteiger partial charge >= 0.3 is 0 Å². The zero-order chi connectivity index (χ0) is 7.33. The standard InChI is InChI=1S/C7H15ClO/c1-7(2,6-9)4-3-5-8/h9H,3-6H2,1-2H3. The number of aliphatic hydroxyl groups excluding tert-OH is 1. The van der Waals surface area contributed by atoms with E-state index in [0.29, 0.717) is 5.88 Å². The molecule has 56 valence electrons. The van der Waals surface area contributed by atoms with Crippen LogP contribution in [-0.2, 0) is 0 Å². The molecule has 0 atom stereocenters. The molecule has 0 aliphatic rings. The third kappa shape index (κ3) is 4.73. The summed E-state index contributed by atoms with van der Waals surface area (Å²) in [5, 5.41) is 8.78. The Morgan fingerprint density at radius 1 is 1.44 bits per heavy atom. The fraction of sp³-hybridized carbons (Fsp3) is 1.00. The van der Waals surface area contributed by atoms with Gasteiger partial charge in [-0.25, -0.2) is 0 Å². The molecule has 0 aliphatic carbocycles. The molecule has 2 heteroatoms. The van der Waals surface area contributed by atoms with Crippen molar-refractivity contribution in [2.24, 2.45) is 5.41 Å². The van der Waals surface area contributed by atoms with Gasteiger partial charge in [0.05, 0.1) is 0 Å². The summed E-state index contributed by atoms with van der Waals surface area (Å²) in [6.45, 7) is 4.34. The predicted octanol–water partition coefficient (Wildman–Crippen LogP) is 2.02. The topological polar surface area (TPSA) is 20.2 Å². The van der Waals surface area contributed by atoms with Gasteiger partial charge in [0.15, 0.2) is 0 Å². The highest BCUT2D eigenvalue weighted by molar-refractivity contribution is 6.17. The normalized spacial score (nSPS) is 12.0. The van der Waals surface area contributed by atoms with E-state index in [2.05, 4.69) is 0 Å². The number of alkyl halides is 1. The fourth-order valence-electron chi connectivity index (χ4n) is 0.624. The molecular weight excluding hydrogens is 136 g/mol. The average Bonchev–Trinajstić information content (AvgIpc) is 1.84. The molecule has 0 unspecified atom stereocenters. The number of rotatable bonds is 4. The molecule has 0 radical (unpaired) electrons. The van der Waals surface area contributed by atoms with Crippen LogP contribution in [0.15, 0.2) is 0 Å². The van der Waals surface area contributed by atoms with Crippen molar-refractivity contribution in [3.63, 3.8) is 0 Å². The molecule has 0 spiro atoms. The average molecular weight is 151 g/mol. The molecule has 1 nitrogen and oxygen atoms in total. The van der Waals surface area contributed by atoms with Gasteiger partial charge in [0.2, 0.25) is 0 Å². The largest absolute Gasteiger partial charge is 0.396 e. The fourth-order valence-corrected chi connectivity index (χ4v) is 0.758. The summed E-state index contributed by atoms with van der Waals surface area (Å²) in [4.78, 5) is 0. The molecule has 9 heavy (non-hydrogen) atoms. The lowest BCUT2D eigenvalue weighted by atomic mass is 9.89. The van der Waals surface area contributed by atoms with E-state index in [0.717, 1.165) is 12.8 Å². The molecular formula is C7H15ClO. The van der Waals surface area contributed by atoms with Crippen molar-refractivity contribution in [1.29, 1.82) is 0 Å². The lowest BCUT2D eigenvalue weighted by Crippen LogP contribution is -2.16. The van der Waals surface area contributed by atoms with E-state index in [9.17, 15) is 0 Å². The molecule has 0 heterocycles. The maximum Gasteiger partial charge on any atom is 0.0482 e. The van der Waals surface area contributed by atoms with Crippen LogP contribution in [0.1, 0.15) is 26.7 Å². The number of aliphatic hydroxyl groups is 1. The highest BCUT2D eigenvalue weighted by atomic mass is 35.5. The SMILES string of the molecule is CC(C)(CO)CCCCl. The summed E-state index contributed by atoms with van der Waals surface area (Å²) in [6.07, 6.45) is 2.00. The van der Waals surface area contributed by atoms with E-state index in [4.69, 9.17) is 16.7 Å². The van der Waals surface area contributed by atoms with Crippen LogP contribution < -0.4 is 0 Å². The first-order valence-corrected chi connectivity index (χ1v) is 3.83. The summed E-state index contributed by atoms with van der Waals surface area (Å²) in [5.41, 5.74) is 0.0644. The molecule has 0 aromatic carbocycles. The van der Waals surface area contributed by atoms with Crippen molar-refractivity contribution >= 4 is 11.6 Å². The van der Waals surface area contributed by atoms with E-state index < -0.39 is 0 Å². The second-order valence-electron chi connectivity index (χ2n) is 3.11. The van der Waals surface area contributed by atoms with E-state index in [-0.39, 0.29) is 12.0 Å². The first-order chi connectivity index (χ1) is 4.12. The van der Waals surface area contributed by atoms with Crippen molar-refractivity contribution in [3.05, 3.63) is 0 Å². The first-order valence-electron chi connectivity index (χ1n) is 3.29. The summed E-state index contributed by atoms with van der Waals surface area (Å²) >= 11 is 5.48. The maximum absolute atomic E-state index is 8.78. The molecule has 0 rings (SSSR count). The van der Waals surface area contributed by atoms with Crippen molar-refractivity contribution in [2.75, 3.05) is 12.5 Å². The molecule has 0 aromatic rings. The van der Waals surface area contributed by atoms with Crippen LogP contribution in [-0.4, -0.2) is 17.6 Å². The van der Waals surface area contributed by atoms with Crippen molar-refractivity contribution in [1.82, 2.24) is 0 Å². The third-order valence-electron chi connectivity index (χ3n) is 1.42. The number of halogens is 1. The minimum atomic E-state index is 0.0644. The summed E-state index contributed by atoms with van der Waals surface area (Å²) < 4.78 is 0. The van der Waals surface area contributed by atoms with Gasteiger partial charge in [0.1, 0.15) is 0 Å². The Kier molecular flexibility index (Phi) is 4.24. The van der Waals surface area contributed by atoms with E-state index >= 15 is 0 Å². The monoisotopic (exact) mass is 150 g/mol. The van der Waals surface area contributed by atoms with Crippen LogP contribution in [0.5, 0.6) is 0 Å². The van der Waals surface area contributed by atoms with Crippen LogP contribution >= 0.6 is 11.6 Å². The van der Waals surface area contributed by atoms with Crippen LogP contribution in [0.4, 0.5) is 0 Å². The smallest absolute Gasteiger partial charge is 0.0482 e. The van der Waals surface area contributed by atoms with Crippen LogP contribution in [0, 0.1) is 5.41 Å². The van der Waals surface area contributed by atoms with Gasteiger partial charge < -0.3 is 5.11 Å². The van der Waals surface area contributed by atoms with Gasteiger partial charge in [-0.2, -0.15) is 0 Å². The first kappa shape index (κ1) is 9.25. The molecule has 0 saturated carbocycles. The zero-order valence-corrected chi connectivity index (χ0v) is 6.91. The summed E-state index contributed by atoms with van der Waals surface area (Å²) in [6, 6.07) is 0. The van der Waals surface area contributed by atoms with Gasteiger partial charge in [-0.05, 0) is 18.3 Å². The Morgan fingerprint density at radius 2 is 2.00 bits per heavy atom. The van der Waals surface area contributed by atoms with Gasteiger partial charge in [-0.15, -0.1) is 11.6 Å². The molecule has 0 amide bonds. The lowest BCUT2D eigenvalue weighted by Gasteiger charge is -2.20. The Morgan fingerprint density at radius 3 is 2.33 bits per heavy atom. The molecule has 0 saturated heterocycles. The third-order valence-corrected chi connectivity index (χ3v) is 1.68. The van der Waals surface area contributed by atoms with E-state index in [1.54, 1.807) is 0 Å². The highest BCUT2D eigenvalue weighted by Crippen LogP contribution is 2.20. The second-order valence-corrected chi connectivity index (χ2v) is 3.49. The minimum Gasteiger partial charge on any atom is -0.396 e. The Hall–Kier alpha value is 0.250. The number of hydrogen-bond acceptors (Lipinski definition) is 1. The molecule has 0 aromatic heterocycles. The molecule has 0 bridgehead atoms. The quantitative estimate of drug-likeness (QED) is 0.608. The molecule has 0 aliphatic heterocycles. The van der Waals surface area contributed by atoms with E-state index in [1.807, 2.05) is 13.8 Å². The van der Waals surface area contributed by atoms with Crippen LogP contribution in [0.25, 0.3) is 0 Å². The van der Waals surface area contributed by atoms with Crippen molar-refractivity contribution in [3.8, 4) is 0 Å². The zero-order valence-electron chi connectivity index (χ0n) is 6.15. The Bertz CT molecular complexity index is 71.3. The summed E-state index contributed by atoms with van der Waals surface area (Å²) in [5.74, 6) is 0.698. The van der Waals surface area contributed by atoms with Crippen molar-refractivity contribution < 1.29 is 5.11 Å². The summed E-state index contributed by atoms with van der Waals surface area (Å²) in [7, 11) is 0. The van der Waals surface area contributed by atoms with Gasteiger partial charge in [-0.3, -0.25) is 0 Å². The van der Waals surface area contributed by atoms with Crippen LogP contribution in [0.2, 0.25) is 0 Å². The number of hydrogen-bond donors (Lipinski definition) is 1. The maximum atomic E-state index is 8.78. The molecule has 0 fully saturated rings. The Labute approximate surface area is 62.0 Å². The van der Waals surface area contributed by atoms with Crippen LogP contribution in [0.3, 0.4) is 0 Å². The lowest BCUT2D eigenvalue weighted by molar-refractivity contribution is 0.150. The highest BCUT2D eigenvalue weighted by Gasteiger charge is 2.14. The van der Waals surface area contributed by atoms with E-state index in [1.165, 1.54) is 0 Å². The van der Waals surface area contributed by atoms with Crippen molar-refractivity contribution in [2.45, 2.75) is 26.7 Å². The van der Waals surface area contributed by atoms with Gasteiger partial charge in [-0.1, -0.05) is 13.8 Å².